The third kappa shape index (κ3) is 3.62. The standard InChI is InChI=1S/C14H18F3NO/c1-2-13(10-6-7-18-9-10)19-12-5-3-4-11(8-12)14(15,16)17/h3-5,8,10,13,18H,2,6-7,9H2,1H3/t10?,13-/m0/s1. The van der Waals surface area contributed by atoms with Crippen molar-refractivity contribution in [1.29, 1.82) is 0 Å². The number of benzene rings is 1. The molecule has 0 amide bonds. The molecule has 2 nitrogen and oxygen atoms in total. The maximum atomic E-state index is 12.6. The number of halogens is 3. The van der Waals surface area contributed by atoms with E-state index in [0.29, 0.717) is 11.7 Å². The van der Waals surface area contributed by atoms with Gasteiger partial charge in [0, 0.05) is 12.5 Å². The van der Waals surface area contributed by atoms with E-state index in [9.17, 15) is 13.2 Å². The molecule has 0 aliphatic carbocycles. The first-order chi connectivity index (χ1) is 9.00. The lowest BCUT2D eigenvalue weighted by molar-refractivity contribution is -0.137. The summed E-state index contributed by atoms with van der Waals surface area (Å²) in [4.78, 5) is 0. The number of rotatable bonds is 4. The highest BCUT2D eigenvalue weighted by Gasteiger charge is 2.31. The van der Waals surface area contributed by atoms with Crippen molar-refractivity contribution < 1.29 is 17.9 Å². The molecule has 1 aromatic rings. The van der Waals surface area contributed by atoms with Gasteiger partial charge in [-0.2, -0.15) is 13.2 Å². The van der Waals surface area contributed by atoms with E-state index in [1.807, 2.05) is 6.92 Å². The molecule has 1 fully saturated rings. The van der Waals surface area contributed by atoms with E-state index in [4.69, 9.17) is 4.74 Å². The summed E-state index contributed by atoms with van der Waals surface area (Å²) in [7, 11) is 0. The Kier molecular flexibility index (Phi) is 4.34. The zero-order chi connectivity index (χ0) is 13.9. The first-order valence-electron chi connectivity index (χ1n) is 6.55. The monoisotopic (exact) mass is 273 g/mol. The van der Waals surface area contributed by atoms with Crippen molar-refractivity contribution in [2.45, 2.75) is 32.0 Å². The highest BCUT2D eigenvalue weighted by molar-refractivity contribution is 5.30. The van der Waals surface area contributed by atoms with Crippen LogP contribution in [-0.4, -0.2) is 19.2 Å². The van der Waals surface area contributed by atoms with Gasteiger partial charge < -0.3 is 10.1 Å². The second kappa shape index (κ2) is 5.82. The fourth-order valence-corrected chi connectivity index (χ4v) is 2.43. The van der Waals surface area contributed by atoms with Gasteiger partial charge in [-0.25, -0.2) is 0 Å². The maximum absolute atomic E-state index is 12.6. The normalized spacial score (nSPS) is 21.4. The number of hydrogen-bond acceptors (Lipinski definition) is 2. The van der Waals surface area contributed by atoms with E-state index in [1.54, 1.807) is 6.07 Å². The van der Waals surface area contributed by atoms with E-state index in [2.05, 4.69) is 5.32 Å². The van der Waals surface area contributed by atoms with Crippen LogP contribution in [0.3, 0.4) is 0 Å². The molecule has 1 aromatic carbocycles. The molecule has 106 valence electrons. The second-order valence-corrected chi connectivity index (χ2v) is 4.84. The van der Waals surface area contributed by atoms with E-state index in [-0.39, 0.29) is 6.10 Å². The Balaban J connectivity index is 2.09. The van der Waals surface area contributed by atoms with Crippen molar-refractivity contribution in [3.05, 3.63) is 29.8 Å². The van der Waals surface area contributed by atoms with Gasteiger partial charge in [-0.05, 0) is 37.6 Å². The molecule has 0 aromatic heterocycles. The van der Waals surface area contributed by atoms with Crippen molar-refractivity contribution in [2.24, 2.45) is 5.92 Å². The van der Waals surface area contributed by atoms with Gasteiger partial charge in [0.05, 0.1) is 5.56 Å². The average molecular weight is 273 g/mol. The van der Waals surface area contributed by atoms with Crippen LogP contribution in [0.2, 0.25) is 0 Å². The van der Waals surface area contributed by atoms with Crippen molar-refractivity contribution in [1.82, 2.24) is 5.32 Å². The Labute approximate surface area is 111 Å². The zero-order valence-electron chi connectivity index (χ0n) is 10.8. The van der Waals surface area contributed by atoms with Crippen LogP contribution in [0, 0.1) is 5.92 Å². The van der Waals surface area contributed by atoms with Crippen LogP contribution < -0.4 is 10.1 Å². The molecule has 1 saturated heterocycles. The summed E-state index contributed by atoms with van der Waals surface area (Å²) in [6.45, 7) is 3.82. The topological polar surface area (TPSA) is 21.3 Å². The minimum absolute atomic E-state index is 0.0292. The molecule has 1 heterocycles. The van der Waals surface area contributed by atoms with Crippen molar-refractivity contribution >= 4 is 0 Å². The molecular formula is C14H18F3NO. The molecule has 19 heavy (non-hydrogen) atoms. The predicted octanol–water partition coefficient (Wildman–Crippen LogP) is 3.47. The fourth-order valence-electron chi connectivity index (χ4n) is 2.43. The highest BCUT2D eigenvalue weighted by atomic mass is 19.4. The summed E-state index contributed by atoms with van der Waals surface area (Å²) in [6.07, 6.45) is -2.55. The Morgan fingerprint density at radius 3 is 2.79 bits per heavy atom. The number of hydrogen-bond donors (Lipinski definition) is 1. The first kappa shape index (κ1) is 14.2. The third-order valence-electron chi connectivity index (χ3n) is 3.48. The van der Waals surface area contributed by atoms with Gasteiger partial charge in [0.15, 0.2) is 0 Å². The minimum atomic E-state index is -4.32. The molecule has 0 spiro atoms. The van der Waals surface area contributed by atoms with E-state index in [1.165, 1.54) is 6.07 Å². The van der Waals surface area contributed by atoms with Gasteiger partial charge in [-0.15, -0.1) is 0 Å². The Hall–Kier alpha value is -1.23. The minimum Gasteiger partial charge on any atom is -0.490 e. The van der Waals surface area contributed by atoms with E-state index in [0.717, 1.165) is 38.1 Å². The molecule has 5 heteroatoms. The van der Waals surface area contributed by atoms with Gasteiger partial charge in [0.25, 0.3) is 0 Å². The lowest BCUT2D eigenvalue weighted by atomic mass is 9.99. The molecule has 2 rings (SSSR count). The molecule has 0 saturated carbocycles. The number of nitrogens with one attached hydrogen (secondary N) is 1. The summed E-state index contributed by atoms with van der Waals surface area (Å²) in [6, 6.07) is 5.11. The zero-order valence-corrected chi connectivity index (χ0v) is 10.8. The summed E-state index contributed by atoms with van der Waals surface area (Å²) < 4.78 is 43.6. The molecule has 1 N–H and O–H groups in total. The van der Waals surface area contributed by atoms with Gasteiger partial charge in [0.2, 0.25) is 0 Å². The van der Waals surface area contributed by atoms with Crippen LogP contribution in [0.5, 0.6) is 5.75 Å². The van der Waals surface area contributed by atoms with Crippen molar-refractivity contribution in [3.8, 4) is 5.75 Å². The molecule has 0 radical (unpaired) electrons. The highest BCUT2D eigenvalue weighted by Crippen LogP contribution is 2.32. The van der Waals surface area contributed by atoms with Gasteiger partial charge in [-0.3, -0.25) is 0 Å². The van der Waals surface area contributed by atoms with Gasteiger partial charge >= 0.3 is 6.18 Å². The SMILES string of the molecule is CC[C@H](Oc1cccc(C(F)(F)F)c1)C1CCNC1. The Morgan fingerprint density at radius 2 is 2.21 bits per heavy atom. The fraction of sp³-hybridized carbons (Fsp3) is 0.571. The van der Waals surface area contributed by atoms with Gasteiger partial charge in [0.1, 0.15) is 11.9 Å². The largest absolute Gasteiger partial charge is 0.490 e. The first-order valence-corrected chi connectivity index (χ1v) is 6.55. The number of alkyl halides is 3. The third-order valence-corrected chi connectivity index (χ3v) is 3.48. The van der Waals surface area contributed by atoms with E-state index < -0.39 is 11.7 Å². The van der Waals surface area contributed by atoms with Crippen LogP contribution >= 0.6 is 0 Å². The summed E-state index contributed by atoms with van der Waals surface area (Å²) in [5.41, 5.74) is -0.663. The van der Waals surface area contributed by atoms with Crippen LogP contribution in [-0.2, 0) is 6.18 Å². The quantitative estimate of drug-likeness (QED) is 0.907. The van der Waals surface area contributed by atoms with Crippen molar-refractivity contribution in [3.63, 3.8) is 0 Å². The lowest BCUT2D eigenvalue weighted by Crippen LogP contribution is -2.28. The van der Waals surface area contributed by atoms with Crippen molar-refractivity contribution in [2.75, 3.05) is 13.1 Å². The summed E-state index contributed by atoms with van der Waals surface area (Å²) in [5.74, 6) is 0.674. The second-order valence-electron chi connectivity index (χ2n) is 4.84. The lowest BCUT2D eigenvalue weighted by Gasteiger charge is -2.23. The van der Waals surface area contributed by atoms with E-state index >= 15 is 0 Å². The summed E-state index contributed by atoms with van der Waals surface area (Å²) >= 11 is 0. The van der Waals surface area contributed by atoms with Crippen LogP contribution in [0.1, 0.15) is 25.3 Å². The Morgan fingerprint density at radius 1 is 1.42 bits per heavy atom. The van der Waals surface area contributed by atoms with Crippen LogP contribution in [0.15, 0.2) is 24.3 Å². The molecule has 1 aliphatic heterocycles. The maximum Gasteiger partial charge on any atom is 0.416 e. The Bertz CT molecular complexity index is 413. The molecule has 2 atom stereocenters. The summed E-state index contributed by atoms with van der Waals surface area (Å²) in [5, 5.41) is 3.25. The molecule has 1 aliphatic rings. The molecule has 1 unspecified atom stereocenters. The molecule has 0 bridgehead atoms. The smallest absolute Gasteiger partial charge is 0.416 e. The average Bonchev–Trinajstić information content (AvgIpc) is 2.89. The molecular weight excluding hydrogens is 255 g/mol. The van der Waals surface area contributed by atoms with Crippen LogP contribution in [0.25, 0.3) is 0 Å². The van der Waals surface area contributed by atoms with Gasteiger partial charge in [-0.1, -0.05) is 13.0 Å². The number of ether oxygens (including phenoxy) is 1. The van der Waals surface area contributed by atoms with Crippen LogP contribution in [0.4, 0.5) is 13.2 Å². The predicted molar refractivity (Wildman–Crippen MR) is 67.1 cm³/mol.